The molecule has 1 saturated heterocycles. The van der Waals surface area contributed by atoms with Crippen LogP contribution in [-0.2, 0) is 4.74 Å². The molecule has 1 amide bonds. The Morgan fingerprint density at radius 2 is 1.79 bits per heavy atom. The van der Waals surface area contributed by atoms with E-state index in [1.54, 1.807) is 17.0 Å². The number of benzene rings is 1. The van der Waals surface area contributed by atoms with E-state index in [-0.39, 0.29) is 25.3 Å². The molecule has 1 heterocycles. The summed E-state index contributed by atoms with van der Waals surface area (Å²) in [5, 5.41) is 0. The van der Waals surface area contributed by atoms with Crippen molar-refractivity contribution < 1.29 is 13.9 Å². The fourth-order valence-corrected chi connectivity index (χ4v) is 2.57. The van der Waals surface area contributed by atoms with Crippen LogP contribution in [0.4, 0.5) is 14.9 Å². The van der Waals surface area contributed by atoms with Crippen molar-refractivity contribution in [1.82, 2.24) is 4.90 Å². The molecule has 138 valence electrons. The van der Waals surface area contributed by atoms with Gasteiger partial charge >= 0.3 is 6.09 Å². The van der Waals surface area contributed by atoms with Crippen LogP contribution >= 0.6 is 0 Å². The third-order valence-corrected chi connectivity index (χ3v) is 3.61. The number of anilines is 1. The number of hydrogen-bond donors (Lipinski definition) is 1. The van der Waals surface area contributed by atoms with Crippen LogP contribution in [0.2, 0.25) is 0 Å². The van der Waals surface area contributed by atoms with Gasteiger partial charge in [0.2, 0.25) is 0 Å². The molecule has 1 fully saturated rings. The predicted molar refractivity (Wildman–Crippen MR) is 98.7 cm³/mol. The van der Waals surface area contributed by atoms with Crippen LogP contribution < -0.4 is 5.73 Å². The van der Waals surface area contributed by atoms with Gasteiger partial charge < -0.3 is 15.4 Å². The smallest absolute Gasteiger partial charge is 0.410 e. The summed E-state index contributed by atoms with van der Waals surface area (Å²) in [6.07, 6.45) is 1.18. The monoisotopic (exact) mass is 340 g/mol. The molecule has 1 aliphatic heterocycles. The highest BCUT2D eigenvalue weighted by Gasteiger charge is 2.28. The van der Waals surface area contributed by atoms with E-state index in [0.717, 1.165) is 12.8 Å². The minimum absolute atomic E-state index is 0. The number of likely N-dealkylation sites (tertiary alicyclic amines) is 1. The molecule has 1 aromatic rings. The molecule has 5 heteroatoms. The van der Waals surface area contributed by atoms with Crippen LogP contribution in [0, 0.1) is 5.82 Å². The summed E-state index contributed by atoms with van der Waals surface area (Å²) in [4.78, 5) is 13.7. The predicted octanol–water partition coefficient (Wildman–Crippen LogP) is 5.18. The average Bonchev–Trinajstić information content (AvgIpc) is 2.48. The summed E-state index contributed by atoms with van der Waals surface area (Å²) in [6, 6.07) is 4.83. The van der Waals surface area contributed by atoms with Crippen LogP contribution in [0.25, 0.3) is 0 Å². The Kier molecular flexibility index (Phi) is 8.80. The van der Waals surface area contributed by atoms with E-state index in [0.29, 0.717) is 24.3 Å². The summed E-state index contributed by atoms with van der Waals surface area (Å²) >= 11 is 0. The first kappa shape index (κ1) is 22.2. The molecule has 0 radical (unpaired) electrons. The molecule has 24 heavy (non-hydrogen) atoms. The molecule has 0 bridgehead atoms. The van der Waals surface area contributed by atoms with Crippen LogP contribution in [0.1, 0.15) is 66.4 Å². The highest BCUT2D eigenvalue weighted by molar-refractivity contribution is 5.68. The van der Waals surface area contributed by atoms with Crippen molar-refractivity contribution in [2.24, 2.45) is 0 Å². The van der Waals surface area contributed by atoms with E-state index in [1.165, 1.54) is 6.07 Å². The molecule has 1 aliphatic rings. The lowest BCUT2D eigenvalue weighted by atomic mass is 9.89. The van der Waals surface area contributed by atoms with Crippen molar-refractivity contribution in [2.45, 2.75) is 66.4 Å². The van der Waals surface area contributed by atoms with Gasteiger partial charge in [-0.25, -0.2) is 9.18 Å². The third kappa shape index (κ3) is 6.38. The summed E-state index contributed by atoms with van der Waals surface area (Å²) < 4.78 is 19.3. The average molecular weight is 340 g/mol. The number of amides is 1. The molecule has 2 N–H and O–H groups in total. The van der Waals surface area contributed by atoms with E-state index in [9.17, 15) is 9.18 Å². The van der Waals surface area contributed by atoms with Crippen molar-refractivity contribution in [1.29, 1.82) is 0 Å². The Bertz CT molecular complexity index is 519. The largest absolute Gasteiger partial charge is 0.444 e. The zero-order valence-corrected chi connectivity index (χ0v) is 14.9. The maximum atomic E-state index is 13.9. The van der Waals surface area contributed by atoms with Gasteiger partial charge in [-0.1, -0.05) is 27.3 Å². The first-order valence-corrected chi connectivity index (χ1v) is 8.29. The lowest BCUT2D eigenvalue weighted by Crippen LogP contribution is -2.41. The van der Waals surface area contributed by atoms with Gasteiger partial charge in [0.25, 0.3) is 0 Å². The third-order valence-electron chi connectivity index (χ3n) is 3.61. The van der Waals surface area contributed by atoms with E-state index < -0.39 is 5.60 Å². The maximum Gasteiger partial charge on any atom is 0.410 e. The van der Waals surface area contributed by atoms with Gasteiger partial charge in [-0.2, -0.15) is 0 Å². The van der Waals surface area contributed by atoms with Gasteiger partial charge in [-0.3, -0.25) is 0 Å². The number of hydrogen-bond acceptors (Lipinski definition) is 3. The van der Waals surface area contributed by atoms with Crippen LogP contribution in [0.15, 0.2) is 18.2 Å². The van der Waals surface area contributed by atoms with Gasteiger partial charge in [0.1, 0.15) is 11.4 Å². The van der Waals surface area contributed by atoms with E-state index in [1.807, 2.05) is 34.6 Å². The minimum atomic E-state index is -0.489. The van der Waals surface area contributed by atoms with Gasteiger partial charge in [-0.15, -0.1) is 0 Å². The van der Waals surface area contributed by atoms with Gasteiger partial charge in [-0.05, 0) is 57.2 Å². The van der Waals surface area contributed by atoms with Crippen molar-refractivity contribution in [3.05, 3.63) is 29.6 Å². The topological polar surface area (TPSA) is 55.6 Å². The second kappa shape index (κ2) is 9.50. The van der Waals surface area contributed by atoms with Crippen molar-refractivity contribution in [3.63, 3.8) is 0 Å². The number of nitrogens with zero attached hydrogens (tertiary/aromatic N) is 1. The Labute approximate surface area is 146 Å². The number of nitrogens with two attached hydrogens (primary N) is 1. The molecule has 2 rings (SSSR count). The molecule has 4 nitrogen and oxygen atoms in total. The Balaban J connectivity index is 0.00000170. The molecule has 0 aliphatic carbocycles. The number of carbonyl (C=O) groups is 1. The molecule has 0 unspecified atom stereocenters. The zero-order valence-electron chi connectivity index (χ0n) is 14.9. The quantitative estimate of drug-likeness (QED) is 0.716. The highest BCUT2D eigenvalue weighted by Crippen LogP contribution is 2.31. The normalized spacial score (nSPS) is 15.0. The van der Waals surface area contributed by atoms with Crippen LogP contribution in [0.5, 0.6) is 0 Å². The van der Waals surface area contributed by atoms with Crippen molar-refractivity contribution in [3.8, 4) is 0 Å². The summed E-state index contributed by atoms with van der Waals surface area (Å²) in [5.74, 6) is -0.130. The molecule has 0 spiro atoms. The first-order valence-electron chi connectivity index (χ1n) is 8.29. The number of carbonyl (C=O) groups excluding carboxylic acids is 1. The summed E-state index contributed by atoms with van der Waals surface area (Å²) in [7, 11) is 0. The standard InChI is InChI=1S/C16H23FN2O2.C2H6.CH4/c1-16(2,3)21-15(20)19-8-6-11(7-9-19)13-5-4-12(18)10-14(13)17;1-2;/h4-5,10-11H,6-9,18H2,1-3H3;1-2H3;1H4. The zero-order chi connectivity index (χ0) is 17.6. The number of piperidine rings is 1. The van der Waals surface area contributed by atoms with Crippen molar-refractivity contribution in [2.75, 3.05) is 18.8 Å². The van der Waals surface area contributed by atoms with Gasteiger partial charge in [0.15, 0.2) is 0 Å². The second-order valence-corrected chi connectivity index (χ2v) is 6.52. The molecular formula is C19H33FN2O2. The number of ether oxygens (including phenoxy) is 1. The van der Waals surface area contributed by atoms with Crippen molar-refractivity contribution >= 4 is 11.8 Å². The maximum absolute atomic E-state index is 13.9. The molecule has 1 aromatic carbocycles. The van der Waals surface area contributed by atoms with Gasteiger partial charge in [0.05, 0.1) is 0 Å². The Morgan fingerprint density at radius 3 is 2.25 bits per heavy atom. The fourth-order valence-electron chi connectivity index (χ4n) is 2.57. The number of nitrogen functional groups attached to an aromatic ring is 1. The second-order valence-electron chi connectivity index (χ2n) is 6.52. The highest BCUT2D eigenvalue weighted by atomic mass is 19.1. The lowest BCUT2D eigenvalue weighted by molar-refractivity contribution is 0.0204. The van der Waals surface area contributed by atoms with Gasteiger partial charge in [0, 0.05) is 18.8 Å². The molecule has 0 saturated carbocycles. The number of halogens is 1. The number of rotatable bonds is 1. The summed E-state index contributed by atoms with van der Waals surface area (Å²) in [6.45, 7) is 10.7. The van der Waals surface area contributed by atoms with E-state index in [4.69, 9.17) is 10.5 Å². The lowest BCUT2D eigenvalue weighted by Gasteiger charge is -2.33. The first-order chi connectivity index (χ1) is 10.8. The molecule has 0 aromatic heterocycles. The Morgan fingerprint density at radius 1 is 1.25 bits per heavy atom. The molecular weight excluding hydrogens is 307 g/mol. The Hall–Kier alpha value is -1.78. The van der Waals surface area contributed by atoms with Crippen LogP contribution in [-0.4, -0.2) is 29.7 Å². The SMILES string of the molecule is C.CC.CC(C)(C)OC(=O)N1CCC(c2ccc(N)cc2F)CC1. The molecule has 0 atom stereocenters. The summed E-state index contributed by atoms with van der Waals surface area (Å²) in [5.41, 5.74) is 6.20. The minimum Gasteiger partial charge on any atom is -0.444 e. The van der Waals surface area contributed by atoms with E-state index in [2.05, 4.69) is 0 Å². The van der Waals surface area contributed by atoms with Crippen LogP contribution in [0.3, 0.4) is 0 Å². The van der Waals surface area contributed by atoms with E-state index >= 15 is 0 Å². The fraction of sp³-hybridized carbons (Fsp3) is 0.632.